The third-order valence-corrected chi connectivity index (χ3v) is 6.99. The summed E-state index contributed by atoms with van der Waals surface area (Å²) in [5.41, 5.74) is 4.42. The fourth-order valence-corrected chi connectivity index (χ4v) is 5.00. The van der Waals surface area contributed by atoms with E-state index in [9.17, 15) is 4.79 Å². The lowest BCUT2D eigenvalue weighted by atomic mass is 9.84. The number of carbonyl (C=O) groups is 1. The molecule has 0 spiro atoms. The Bertz CT molecular complexity index is 1030. The van der Waals surface area contributed by atoms with Gasteiger partial charge in [0.15, 0.2) is 0 Å². The highest BCUT2D eigenvalue weighted by atomic mass is 16.5. The number of nitriles is 1. The minimum absolute atomic E-state index is 0.0232. The highest BCUT2D eigenvalue weighted by Crippen LogP contribution is 2.28. The van der Waals surface area contributed by atoms with E-state index in [1.54, 1.807) is 13.2 Å². The van der Waals surface area contributed by atoms with Crippen LogP contribution in [0.5, 0.6) is 5.75 Å². The number of hydrogen-bond donors (Lipinski definition) is 1. The lowest BCUT2D eigenvalue weighted by molar-refractivity contribution is -0.117. The van der Waals surface area contributed by atoms with E-state index in [0.717, 1.165) is 61.7 Å². The van der Waals surface area contributed by atoms with Crippen molar-refractivity contribution in [2.24, 2.45) is 5.92 Å². The largest absolute Gasteiger partial charge is 0.497 e. The molecule has 4 rings (SSSR count). The Morgan fingerprint density at radius 1 is 1.18 bits per heavy atom. The molecule has 0 aromatic heterocycles. The second-order valence-electron chi connectivity index (χ2n) is 9.25. The fourth-order valence-electron chi connectivity index (χ4n) is 5.00. The number of nitrogens with zero attached hydrogens (tertiary/aromatic N) is 2. The van der Waals surface area contributed by atoms with Gasteiger partial charge in [-0.1, -0.05) is 18.2 Å². The topological polar surface area (TPSA) is 65.4 Å². The van der Waals surface area contributed by atoms with Gasteiger partial charge in [-0.05, 0) is 98.0 Å². The van der Waals surface area contributed by atoms with Gasteiger partial charge >= 0.3 is 0 Å². The predicted molar refractivity (Wildman–Crippen MR) is 131 cm³/mol. The number of carbonyl (C=O) groups excluding carboxylic acids is 1. The normalized spacial score (nSPS) is 20.7. The van der Waals surface area contributed by atoms with E-state index in [2.05, 4.69) is 28.4 Å². The molecule has 0 bridgehead atoms. The van der Waals surface area contributed by atoms with Crippen molar-refractivity contribution in [2.75, 3.05) is 20.2 Å². The van der Waals surface area contributed by atoms with Gasteiger partial charge in [0.2, 0.25) is 5.91 Å². The van der Waals surface area contributed by atoms with Gasteiger partial charge in [-0.25, -0.2) is 0 Å². The molecule has 1 aliphatic carbocycles. The van der Waals surface area contributed by atoms with Crippen LogP contribution in [0.3, 0.4) is 0 Å². The summed E-state index contributed by atoms with van der Waals surface area (Å²) in [7, 11) is 1.64. The van der Waals surface area contributed by atoms with Gasteiger partial charge < -0.3 is 10.1 Å². The first-order valence-corrected chi connectivity index (χ1v) is 12.0. The van der Waals surface area contributed by atoms with E-state index < -0.39 is 0 Å². The molecule has 0 radical (unpaired) electrons. The van der Waals surface area contributed by atoms with Gasteiger partial charge in [-0.2, -0.15) is 5.26 Å². The first kappa shape index (κ1) is 23.1. The number of fused-ring (bicyclic) bond motifs is 1. The van der Waals surface area contributed by atoms with Gasteiger partial charge in [-0.3, -0.25) is 9.69 Å². The van der Waals surface area contributed by atoms with Crippen LogP contribution in [-0.4, -0.2) is 37.0 Å². The second-order valence-corrected chi connectivity index (χ2v) is 9.25. The van der Waals surface area contributed by atoms with Gasteiger partial charge in [0.25, 0.3) is 0 Å². The molecular weight excluding hydrogens is 410 g/mol. The predicted octanol–water partition coefficient (Wildman–Crippen LogP) is 4.70. The Morgan fingerprint density at radius 2 is 2.03 bits per heavy atom. The third kappa shape index (κ3) is 6.46. The van der Waals surface area contributed by atoms with Crippen LogP contribution in [0, 0.1) is 17.2 Å². The summed E-state index contributed by atoms with van der Waals surface area (Å²) in [6.45, 7) is 3.17. The van der Waals surface area contributed by atoms with Crippen LogP contribution in [0.25, 0.3) is 6.08 Å². The van der Waals surface area contributed by atoms with Gasteiger partial charge in [-0.15, -0.1) is 0 Å². The maximum atomic E-state index is 12.3. The number of nitrogens with one attached hydrogen (secondary N) is 1. The molecule has 0 saturated heterocycles. The van der Waals surface area contributed by atoms with Crippen LogP contribution >= 0.6 is 0 Å². The van der Waals surface area contributed by atoms with Crippen molar-refractivity contribution in [2.45, 2.75) is 51.1 Å². The molecule has 1 aliphatic heterocycles. The molecule has 2 aromatic rings. The van der Waals surface area contributed by atoms with Crippen LogP contribution < -0.4 is 10.1 Å². The van der Waals surface area contributed by atoms with E-state index >= 15 is 0 Å². The number of hydrogen-bond acceptors (Lipinski definition) is 4. The number of amides is 1. The van der Waals surface area contributed by atoms with Crippen LogP contribution in [0.1, 0.15) is 54.4 Å². The molecule has 33 heavy (non-hydrogen) atoms. The summed E-state index contributed by atoms with van der Waals surface area (Å²) < 4.78 is 5.23. The van der Waals surface area contributed by atoms with Crippen molar-refractivity contribution in [1.82, 2.24) is 10.2 Å². The standard InChI is InChI=1S/C28H33N3O2/c1-33-27-4-2-3-22(18-27)8-12-28(32)30-26-10-6-21(7-11-26)13-15-31-16-14-24-9-5-23(19-29)17-25(24)20-31/h2-5,8-9,12,17-18,21,26H,6-7,10-11,13-16,20H2,1H3,(H,30,32)/b12-8+. The molecule has 1 amide bonds. The SMILES string of the molecule is COc1cccc(/C=C/C(=O)NC2CCC(CCN3CCc4ccc(C#N)cc4C3)CC2)c1. The zero-order valence-corrected chi connectivity index (χ0v) is 19.4. The molecule has 1 N–H and O–H groups in total. The average Bonchev–Trinajstić information content (AvgIpc) is 2.86. The van der Waals surface area contributed by atoms with Crippen LogP contribution in [0.2, 0.25) is 0 Å². The molecule has 1 saturated carbocycles. The Hall–Kier alpha value is -3.10. The van der Waals surface area contributed by atoms with Crippen LogP contribution in [0.15, 0.2) is 48.5 Å². The third-order valence-electron chi connectivity index (χ3n) is 6.99. The Kier molecular flexibility index (Phi) is 7.80. The van der Waals surface area contributed by atoms with Gasteiger partial charge in [0, 0.05) is 25.2 Å². The van der Waals surface area contributed by atoms with Crippen molar-refractivity contribution in [1.29, 1.82) is 5.26 Å². The minimum Gasteiger partial charge on any atom is -0.497 e. The highest BCUT2D eigenvalue weighted by molar-refractivity contribution is 5.91. The first-order valence-electron chi connectivity index (χ1n) is 12.0. The first-order chi connectivity index (χ1) is 16.1. The number of methoxy groups -OCH3 is 1. The van der Waals surface area contributed by atoms with Crippen molar-refractivity contribution in [3.05, 3.63) is 70.8 Å². The number of ether oxygens (including phenoxy) is 1. The summed E-state index contributed by atoms with van der Waals surface area (Å²) in [5, 5.41) is 12.3. The van der Waals surface area contributed by atoms with E-state index in [-0.39, 0.29) is 11.9 Å². The van der Waals surface area contributed by atoms with E-state index in [1.807, 2.05) is 36.4 Å². The van der Waals surface area contributed by atoms with Gasteiger partial charge in [0.05, 0.1) is 18.7 Å². The highest BCUT2D eigenvalue weighted by Gasteiger charge is 2.23. The van der Waals surface area contributed by atoms with Crippen molar-refractivity contribution in [3.8, 4) is 11.8 Å². The summed E-state index contributed by atoms with van der Waals surface area (Å²) in [5.74, 6) is 1.50. The monoisotopic (exact) mass is 443 g/mol. The van der Waals surface area contributed by atoms with Crippen LogP contribution in [0.4, 0.5) is 0 Å². The summed E-state index contributed by atoms with van der Waals surface area (Å²) in [6.07, 6.45) is 10.2. The molecule has 2 aliphatic rings. The van der Waals surface area contributed by atoms with E-state index in [4.69, 9.17) is 10.00 Å². The molecule has 5 nitrogen and oxygen atoms in total. The zero-order chi connectivity index (χ0) is 23.0. The lowest BCUT2D eigenvalue weighted by Crippen LogP contribution is -2.37. The fraction of sp³-hybridized carbons (Fsp3) is 0.429. The van der Waals surface area contributed by atoms with E-state index in [1.165, 1.54) is 30.4 Å². The molecule has 0 unspecified atom stereocenters. The summed E-state index contributed by atoms with van der Waals surface area (Å²) >= 11 is 0. The van der Waals surface area contributed by atoms with Crippen LogP contribution in [-0.2, 0) is 17.8 Å². The molecule has 2 aromatic carbocycles. The molecular formula is C28H33N3O2. The minimum atomic E-state index is -0.0232. The maximum absolute atomic E-state index is 12.3. The average molecular weight is 444 g/mol. The zero-order valence-electron chi connectivity index (χ0n) is 19.4. The quantitative estimate of drug-likeness (QED) is 0.630. The van der Waals surface area contributed by atoms with Gasteiger partial charge in [0.1, 0.15) is 5.75 Å². The number of benzene rings is 2. The maximum Gasteiger partial charge on any atom is 0.244 e. The summed E-state index contributed by atoms with van der Waals surface area (Å²) in [6, 6.07) is 16.3. The smallest absolute Gasteiger partial charge is 0.244 e. The van der Waals surface area contributed by atoms with E-state index in [0.29, 0.717) is 0 Å². The molecule has 0 atom stereocenters. The van der Waals surface area contributed by atoms with Crippen molar-refractivity contribution in [3.63, 3.8) is 0 Å². The number of rotatable bonds is 7. The van der Waals surface area contributed by atoms with Crippen molar-refractivity contribution < 1.29 is 9.53 Å². The summed E-state index contributed by atoms with van der Waals surface area (Å²) in [4.78, 5) is 14.9. The molecule has 5 heteroatoms. The molecule has 1 heterocycles. The molecule has 172 valence electrons. The lowest BCUT2D eigenvalue weighted by Gasteiger charge is -2.33. The van der Waals surface area contributed by atoms with Crippen molar-refractivity contribution >= 4 is 12.0 Å². The Balaban J connectivity index is 1.17. The Morgan fingerprint density at radius 3 is 2.82 bits per heavy atom. The molecule has 1 fully saturated rings. The second kappa shape index (κ2) is 11.2. The Labute approximate surface area is 197 Å².